The van der Waals surface area contributed by atoms with Crippen molar-refractivity contribution in [3.8, 4) is 5.75 Å². The molecule has 0 fully saturated rings. The molecule has 0 saturated carbocycles. The van der Waals surface area contributed by atoms with Crippen molar-refractivity contribution in [2.45, 2.75) is 6.61 Å². The van der Waals surface area contributed by atoms with Gasteiger partial charge >= 0.3 is 0 Å². The molecule has 0 saturated heterocycles. The zero-order chi connectivity index (χ0) is 13.2. The standard InChI is InChI=1S/C13H9ClFN3O/c14-9-4-5-18-13(6-9)16-12(17-18)8-19-11-3-1-2-10(15)7-11/h1-7H,8H2. The Morgan fingerprint density at radius 3 is 3.00 bits per heavy atom. The molecule has 0 aliphatic heterocycles. The molecule has 0 spiro atoms. The van der Waals surface area contributed by atoms with Gasteiger partial charge in [-0.2, -0.15) is 0 Å². The summed E-state index contributed by atoms with van der Waals surface area (Å²) in [5.74, 6) is 0.607. The lowest BCUT2D eigenvalue weighted by molar-refractivity contribution is 0.294. The average Bonchev–Trinajstić information content (AvgIpc) is 2.78. The van der Waals surface area contributed by atoms with E-state index < -0.39 is 0 Å². The van der Waals surface area contributed by atoms with Gasteiger partial charge in [0, 0.05) is 23.4 Å². The summed E-state index contributed by atoms with van der Waals surface area (Å²) in [6.07, 6.45) is 1.72. The molecule has 2 aromatic heterocycles. The highest BCUT2D eigenvalue weighted by atomic mass is 35.5. The number of ether oxygens (including phenoxy) is 1. The SMILES string of the molecule is Fc1cccc(OCc2nc3cc(Cl)ccn3n2)c1. The zero-order valence-corrected chi connectivity index (χ0v) is 10.5. The van der Waals surface area contributed by atoms with Crippen LogP contribution in [-0.2, 0) is 6.61 Å². The number of aromatic nitrogens is 3. The second-order valence-corrected chi connectivity index (χ2v) is 4.36. The first kappa shape index (κ1) is 11.9. The molecule has 1 aromatic carbocycles. The third-order valence-corrected chi connectivity index (χ3v) is 2.74. The lowest BCUT2D eigenvalue weighted by atomic mass is 10.3. The number of pyridine rings is 1. The van der Waals surface area contributed by atoms with Crippen LogP contribution in [0.15, 0.2) is 42.6 Å². The Morgan fingerprint density at radius 1 is 1.26 bits per heavy atom. The molecule has 4 nitrogen and oxygen atoms in total. The Labute approximate surface area is 113 Å². The van der Waals surface area contributed by atoms with Crippen molar-refractivity contribution < 1.29 is 9.13 Å². The molecule has 6 heteroatoms. The number of hydrogen-bond acceptors (Lipinski definition) is 3. The van der Waals surface area contributed by atoms with Gasteiger partial charge in [0.25, 0.3) is 0 Å². The number of fused-ring (bicyclic) bond motifs is 1. The summed E-state index contributed by atoms with van der Waals surface area (Å²) in [5, 5.41) is 4.81. The fourth-order valence-electron chi connectivity index (χ4n) is 1.67. The molecule has 2 heterocycles. The molecule has 0 bridgehead atoms. The van der Waals surface area contributed by atoms with Crippen molar-refractivity contribution in [3.63, 3.8) is 0 Å². The molecule has 0 unspecified atom stereocenters. The predicted molar refractivity (Wildman–Crippen MR) is 68.7 cm³/mol. The summed E-state index contributed by atoms with van der Waals surface area (Å²) in [4.78, 5) is 4.26. The van der Waals surface area contributed by atoms with Gasteiger partial charge in [-0.05, 0) is 18.2 Å². The summed E-state index contributed by atoms with van der Waals surface area (Å²) in [5.41, 5.74) is 0.644. The first-order valence-corrected chi connectivity index (χ1v) is 5.98. The van der Waals surface area contributed by atoms with E-state index in [4.69, 9.17) is 16.3 Å². The molecule has 96 valence electrons. The fraction of sp³-hybridized carbons (Fsp3) is 0.0769. The number of halogens is 2. The first-order valence-electron chi connectivity index (χ1n) is 5.60. The van der Waals surface area contributed by atoms with E-state index in [1.54, 1.807) is 35.0 Å². The van der Waals surface area contributed by atoms with Gasteiger partial charge in [-0.15, -0.1) is 5.10 Å². The van der Waals surface area contributed by atoms with Crippen molar-refractivity contribution in [2.75, 3.05) is 0 Å². The Morgan fingerprint density at radius 2 is 2.16 bits per heavy atom. The minimum absolute atomic E-state index is 0.169. The van der Waals surface area contributed by atoms with E-state index in [0.717, 1.165) is 0 Å². The van der Waals surface area contributed by atoms with Crippen molar-refractivity contribution >= 4 is 17.2 Å². The van der Waals surface area contributed by atoms with E-state index >= 15 is 0 Å². The van der Waals surface area contributed by atoms with Crippen LogP contribution in [-0.4, -0.2) is 14.6 Å². The van der Waals surface area contributed by atoms with Crippen molar-refractivity contribution in [1.82, 2.24) is 14.6 Å². The lowest BCUT2D eigenvalue weighted by Crippen LogP contribution is -1.98. The van der Waals surface area contributed by atoms with Gasteiger partial charge in [-0.3, -0.25) is 0 Å². The van der Waals surface area contributed by atoms with Crippen molar-refractivity contribution in [3.05, 3.63) is 59.3 Å². The maximum Gasteiger partial charge on any atom is 0.189 e. The molecular formula is C13H9ClFN3O. The van der Waals surface area contributed by atoms with Crippen LogP contribution in [0, 0.1) is 5.82 Å². The predicted octanol–water partition coefficient (Wildman–Crippen LogP) is 3.10. The van der Waals surface area contributed by atoms with Gasteiger partial charge < -0.3 is 4.74 Å². The quantitative estimate of drug-likeness (QED) is 0.738. The summed E-state index contributed by atoms with van der Waals surface area (Å²) in [6.45, 7) is 0.169. The van der Waals surface area contributed by atoms with Crippen LogP contribution in [0.5, 0.6) is 5.75 Å². The van der Waals surface area contributed by atoms with Crippen LogP contribution in [0.2, 0.25) is 5.02 Å². The topological polar surface area (TPSA) is 39.4 Å². The summed E-state index contributed by atoms with van der Waals surface area (Å²) in [7, 11) is 0. The maximum absolute atomic E-state index is 13.0. The largest absolute Gasteiger partial charge is 0.485 e. The van der Waals surface area contributed by atoms with Gasteiger partial charge in [0.2, 0.25) is 0 Å². The third kappa shape index (κ3) is 2.66. The number of nitrogens with zero attached hydrogens (tertiary/aromatic N) is 3. The van der Waals surface area contributed by atoms with Gasteiger partial charge in [-0.25, -0.2) is 13.9 Å². The molecular weight excluding hydrogens is 269 g/mol. The highest BCUT2D eigenvalue weighted by Crippen LogP contribution is 2.14. The average molecular weight is 278 g/mol. The Balaban J connectivity index is 1.78. The van der Waals surface area contributed by atoms with Gasteiger partial charge in [0.15, 0.2) is 11.5 Å². The molecule has 0 amide bonds. The van der Waals surface area contributed by atoms with E-state index in [1.165, 1.54) is 12.1 Å². The normalized spacial score (nSPS) is 10.8. The van der Waals surface area contributed by atoms with E-state index in [9.17, 15) is 4.39 Å². The molecule has 0 aliphatic carbocycles. The van der Waals surface area contributed by atoms with E-state index in [0.29, 0.717) is 22.2 Å². The summed E-state index contributed by atoms with van der Waals surface area (Å²) >= 11 is 5.86. The molecule has 0 radical (unpaired) electrons. The smallest absolute Gasteiger partial charge is 0.189 e. The molecule has 0 N–H and O–H groups in total. The summed E-state index contributed by atoms with van der Waals surface area (Å²) < 4.78 is 20.0. The Bertz CT molecular complexity index is 729. The molecule has 19 heavy (non-hydrogen) atoms. The third-order valence-electron chi connectivity index (χ3n) is 2.51. The highest BCUT2D eigenvalue weighted by molar-refractivity contribution is 6.30. The Hall–Kier alpha value is -2.14. The van der Waals surface area contributed by atoms with Gasteiger partial charge in [0.05, 0.1) is 0 Å². The lowest BCUT2D eigenvalue weighted by Gasteiger charge is -2.02. The van der Waals surface area contributed by atoms with Crippen molar-refractivity contribution in [2.24, 2.45) is 0 Å². The monoisotopic (exact) mass is 277 g/mol. The second-order valence-electron chi connectivity index (χ2n) is 3.92. The molecule has 3 aromatic rings. The van der Waals surface area contributed by atoms with Crippen molar-refractivity contribution in [1.29, 1.82) is 0 Å². The van der Waals surface area contributed by atoms with E-state index in [-0.39, 0.29) is 12.4 Å². The highest BCUT2D eigenvalue weighted by Gasteiger charge is 2.05. The summed E-state index contributed by atoms with van der Waals surface area (Å²) in [6, 6.07) is 9.36. The van der Waals surface area contributed by atoms with E-state index in [2.05, 4.69) is 10.1 Å². The second kappa shape index (κ2) is 4.85. The maximum atomic E-state index is 13.0. The minimum atomic E-state index is -0.341. The molecule has 3 rings (SSSR count). The van der Waals surface area contributed by atoms with E-state index in [1.807, 2.05) is 0 Å². The minimum Gasteiger partial charge on any atom is -0.485 e. The number of benzene rings is 1. The van der Waals surface area contributed by atoms with Crippen LogP contribution in [0.4, 0.5) is 4.39 Å². The van der Waals surface area contributed by atoms with Crippen LogP contribution < -0.4 is 4.74 Å². The Kier molecular flexibility index (Phi) is 3.05. The van der Waals surface area contributed by atoms with Gasteiger partial charge in [-0.1, -0.05) is 17.7 Å². The first-order chi connectivity index (χ1) is 9.20. The van der Waals surface area contributed by atoms with Crippen LogP contribution in [0.25, 0.3) is 5.65 Å². The van der Waals surface area contributed by atoms with Gasteiger partial charge in [0.1, 0.15) is 18.2 Å². The van der Waals surface area contributed by atoms with Crippen LogP contribution in [0.1, 0.15) is 5.82 Å². The fourth-order valence-corrected chi connectivity index (χ4v) is 1.82. The van der Waals surface area contributed by atoms with Crippen LogP contribution >= 0.6 is 11.6 Å². The molecule has 0 aliphatic rings. The number of rotatable bonds is 3. The molecule has 0 atom stereocenters. The zero-order valence-electron chi connectivity index (χ0n) is 9.75. The van der Waals surface area contributed by atoms with Crippen LogP contribution in [0.3, 0.4) is 0 Å². The number of hydrogen-bond donors (Lipinski definition) is 0.